The second-order valence-electron chi connectivity index (χ2n) is 7.11. The third kappa shape index (κ3) is 4.59. The molecular weight excluding hydrogens is 315 g/mol. The maximum Gasteiger partial charge on any atom is 0.220 e. The molecule has 1 amide bonds. The van der Waals surface area contributed by atoms with Gasteiger partial charge in [0.05, 0.1) is 6.04 Å². The number of hydrogen-bond donors (Lipinski definition) is 2. The summed E-state index contributed by atoms with van der Waals surface area (Å²) in [6, 6.07) is 12.6. The van der Waals surface area contributed by atoms with Gasteiger partial charge in [-0.15, -0.1) is 0 Å². The van der Waals surface area contributed by atoms with Crippen LogP contribution < -0.4 is 11.1 Å². The molecule has 25 heavy (non-hydrogen) atoms. The minimum atomic E-state index is -0.229. The fourth-order valence-electron chi connectivity index (χ4n) is 3.69. The molecule has 132 valence electrons. The van der Waals surface area contributed by atoms with Crippen LogP contribution in [0.25, 0.3) is 0 Å². The fraction of sp³-hybridized carbons (Fsp3) is 0.381. The highest BCUT2D eigenvalue weighted by Gasteiger charge is 2.22. The molecule has 0 aromatic heterocycles. The van der Waals surface area contributed by atoms with Crippen molar-refractivity contribution in [1.82, 2.24) is 5.32 Å². The topological polar surface area (TPSA) is 55.1 Å². The molecule has 2 unspecified atom stereocenters. The van der Waals surface area contributed by atoms with Crippen LogP contribution in [0.3, 0.4) is 0 Å². The maximum absolute atomic E-state index is 13.3. The third-order valence-electron chi connectivity index (χ3n) is 4.82. The van der Waals surface area contributed by atoms with Gasteiger partial charge in [0.15, 0.2) is 0 Å². The van der Waals surface area contributed by atoms with Crippen molar-refractivity contribution in [2.75, 3.05) is 5.73 Å². The van der Waals surface area contributed by atoms with E-state index in [0.29, 0.717) is 12.8 Å². The Kier molecular flexibility index (Phi) is 5.37. The highest BCUT2D eigenvalue weighted by molar-refractivity contribution is 5.76. The van der Waals surface area contributed by atoms with Crippen molar-refractivity contribution in [2.24, 2.45) is 5.92 Å². The number of amides is 1. The first-order valence-electron chi connectivity index (χ1n) is 8.93. The van der Waals surface area contributed by atoms with Crippen LogP contribution in [0.15, 0.2) is 42.5 Å². The number of rotatable bonds is 5. The van der Waals surface area contributed by atoms with Crippen LogP contribution in [0.1, 0.15) is 48.9 Å². The van der Waals surface area contributed by atoms with Gasteiger partial charge in [-0.1, -0.05) is 25.1 Å². The Balaban J connectivity index is 1.58. The molecule has 0 fully saturated rings. The van der Waals surface area contributed by atoms with Crippen molar-refractivity contribution in [2.45, 2.75) is 45.1 Å². The second-order valence-corrected chi connectivity index (χ2v) is 7.11. The molecule has 0 bridgehead atoms. The predicted octanol–water partition coefficient (Wildman–Crippen LogP) is 4.17. The molecule has 0 spiro atoms. The van der Waals surface area contributed by atoms with Crippen molar-refractivity contribution in [3.05, 3.63) is 65.0 Å². The summed E-state index contributed by atoms with van der Waals surface area (Å²) in [5.74, 6) is -0.0119. The summed E-state index contributed by atoms with van der Waals surface area (Å²) >= 11 is 0. The Morgan fingerprint density at radius 2 is 2.16 bits per heavy atom. The van der Waals surface area contributed by atoms with Gasteiger partial charge >= 0.3 is 0 Å². The number of nitrogen functional groups attached to an aromatic ring is 1. The lowest BCUT2D eigenvalue weighted by molar-refractivity contribution is -0.122. The summed E-state index contributed by atoms with van der Waals surface area (Å²) in [5, 5.41) is 3.17. The van der Waals surface area contributed by atoms with E-state index in [1.165, 1.54) is 23.3 Å². The van der Waals surface area contributed by atoms with Crippen molar-refractivity contribution in [3.8, 4) is 0 Å². The van der Waals surface area contributed by atoms with Crippen molar-refractivity contribution >= 4 is 11.6 Å². The van der Waals surface area contributed by atoms with Gasteiger partial charge in [-0.3, -0.25) is 4.79 Å². The van der Waals surface area contributed by atoms with E-state index in [2.05, 4.69) is 5.32 Å². The summed E-state index contributed by atoms with van der Waals surface area (Å²) in [4.78, 5) is 12.4. The van der Waals surface area contributed by atoms with Crippen molar-refractivity contribution < 1.29 is 9.18 Å². The Bertz CT molecular complexity index is 759. The van der Waals surface area contributed by atoms with Crippen LogP contribution in [0.2, 0.25) is 0 Å². The zero-order chi connectivity index (χ0) is 17.8. The number of aryl methyl sites for hydroxylation is 1. The predicted molar refractivity (Wildman–Crippen MR) is 98.6 cm³/mol. The van der Waals surface area contributed by atoms with E-state index in [0.717, 1.165) is 30.5 Å². The van der Waals surface area contributed by atoms with Crippen LogP contribution >= 0.6 is 0 Å². The first kappa shape index (κ1) is 17.5. The standard InChI is InChI=1S/C21H25FN2O/c1-14(10-15-4-2-6-17(22)12-15)11-21(25)24-20-7-3-5-16-13-18(23)8-9-19(16)20/h2,4,6,8-9,12-14,20H,3,5,7,10-11,23H2,1H3,(H,24,25). The van der Waals surface area contributed by atoms with Gasteiger partial charge in [0, 0.05) is 12.1 Å². The van der Waals surface area contributed by atoms with Crippen LogP contribution in [-0.4, -0.2) is 5.91 Å². The summed E-state index contributed by atoms with van der Waals surface area (Å²) < 4.78 is 13.3. The zero-order valence-corrected chi connectivity index (χ0v) is 14.6. The molecule has 0 aliphatic heterocycles. The minimum absolute atomic E-state index is 0.0542. The Labute approximate surface area is 148 Å². The molecule has 3 nitrogen and oxygen atoms in total. The van der Waals surface area contributed by atoms with E-state index in [1.54, 1.807) is 6.07 Å². The summed E-state index contributed by atoms with van der Waals surface area (Å²) in [7, 11) is 0. The van der Waals surface area contributed by atoms with Gasteiger partial charge in [-0.2, -0.15) is 0 Å². The number of anilines is 1. The number of carbonyl (C=O) groups excluding carboxylic acids is 1. The number of nitrogens with two attached hydrogens (primary N) is 1. The van der Waals surface area contributed by atoms with Gasteiger partial charge in [-0.25, -0.2) is 4.39 Å². The highest BCUT2D eigenvalue weighted by Crippen LogP contribution is 2.31. The SMILES string of the molecule is CC(CC(=O)NC1CCCc2cc(N)ccc21)Cc1cccc(F)c1. The summed E-state index contributed by atoms with van der Waals surface area (Å²) in [6.07, 6.45) is 4.17. The fourth-order valence-corrected chi connectivity index (χ4v) is 3.69. The molecule has 4 heteroatoms. The first-order valence-corrected chi connectivity index (χ1v) is 8.93. The lowest BCUT2D eigenvalue weighted by Crippen LogP contribution is -2.32. The van der Waals surface area contributed by atoms with E-state index in [4.69, 9.17) is 5.73 Å². The molecule has 0 saturated heterocycles. The Morgan fingerprint density at radius 1 is 1.32 bits per heavy atom. The molecular formula is C21H25FN2O. The minimum Gasteiger partial charge on any atom is -0.399 e. The second kappa shape index (κ2) is 7.68. The molecule has 2 aromatic rings. The van der Waals surface area contributed by atoms with Gasteiger partial charge in [0.1, 0.15) is 5.82 Å². The molecule has 1 aliphatic carbocycles. The number of halogens is 1. The van der Waals surface area contributed by atoms with Crippen LogP contribution in [0, 0.1) is 11.7 Å². The summed E-state index contributed by atoms with van der Waals surface area (Å²) in [5.41, 5.74) is 9.99. The van der Waals surface area contributed by atoms with E-state index in [9.17, 15) is 9.18 Å². The smallest absolute Gasteiger partial charge is 0.220 e. The van der Waals surface area contributed by atoms with Crippen LogP contribution in [-0.2, 0) is 17.6 Å². The van der Waals surface area contributed by atoms with Crippen LogP contribution in [0.4, 0.5) is 10.1 Å². The van der Waals surface area contributed by atoms with Gasteiger partial charge in [0.25, 0.3) is 0 Å². The van der Waals surface area contributed by atoms with Crippen LogP contribution in [0.5, 0.6) is 0 Å². The largest absolute Gasteiger partial charge is 0.399 e. The normalized spacial score (nSPS) is 17.6. The molecule has 2 atom stereocenters. The Morgan fingerprint density at radius 3 is 2.96 bits per heavy atom. The molecule has 3 rings (SSSR count). The van der Waals surface area contributed by atoms with E-state index < -0.39 is 0 Å². The molecule has 0 heterocycles. The van der Waals surface area contributed by atoms with E-state index in [1.807, 2.05) is 31.2 Å². The average Bonchev–Trinajstić information content (AvgIpc) is 2.54. The molecule has 0 saturated carbocycles. The first-order chi connectivity index (χ1) is 12.0. The molecule has 3 N–H and O–H groups in total. The van der Waals surface area contributed by atoms with Gasteiger partial charge in [-0.05, 0) is 72.6 Å². The maximum atomic E-state index is 13.3. The van der Waals surface area contributed by atoms with Crippen molar-refractivity contribution in [3.63, 3.8) is 0 Å². The zero-order valence-electron chi connectivity index (χ0n) is 14.6. The van der Waals surface area contributed by atoms with Gasteiger partial charge < -0.3 is 11.1 Å². The lowest BCUT2D eigenvalue weighted by Gasteiger charge is -2.27. The molecule has 1 aliphatic rings. The van der Waals surface area contributed by atoms with E-state index in [-0.39, 0.29) is 23.7 Å². The quantitative estimate of drug-likeness (QED) is 0.803. The number of benzene rings is 2. The number of fused-ring (bicyclic) bond motifs is 1. The van der Waals surface area contributed by atoms with Gasteiger partial charge in [0.2, 0.25) is 5.91 Å². The monoisotopic (exact) mass is 340 g/mol. The number of nitrogens with one attached hydrogen (secondary N) is 1. The average molecular weight is 340 g/mol. The highest BCUT2D eigenvalue weighted by atomic mass is 19.1. The lowest BCUT2D eigenvalue weighted by atomic mass is 9.87. The Hall–Kier alpha value is -2.36. The van der Waals surface area contributed by atoms with E-state index >= 15 is 0 Å². The van der Waals surface area contributed by atoms with Crippen molar-refractivity contribution in [1.29, 1.82) is 0 Å². The molecule has 0 radical (unpaired) electrons. The third-order valence-corrected chi connectivity index (χ3v) is 4.82. The number of carbonyl (C=O) groups is 1. The number of hydrogen-bond acceptors (Lipinski definition) is 2. The molecule has 2 aromatic carbocycles. The summed E-state index contributed by atoms with van der Waals surface area (Å²) in [6.45, 7) is 2.03.